The van der Waals surface area contributed by atoms with Gasteiger partial charge in [0.15, 0.2) is 0 Å². The van der Waals surface area contributed by atoms with Crippen molar-refractivity contribution in [2.45, 2.75) is 18.6 Å². The topological polar surface area (TPSA) is 58.6 Å². The highest BCUT2D eigenvalue weighted by Gasteiger charge is 2.28. The summed E-state index contributed by atoms with van der Waals surface area (Å²) < 4.78 is 19.1. The molecule has 1 heterocycles. The average molecular weight is 467 g/mol. The fraction of sp³-hybridized carbons (Fsp3) is 0.231. The predicted molar refractivity (Wildman–Crippen MR) is 124 cm³/mol. The molecule has 0 bridgehead atoms. The zero-order chi connectivity index (χ0) is 23.2. The molecule has 0 aromatic heterocycles. The van der Waals surface area contributed by atoms with Crippen LogP contribution in [0.4, 0.5) is 4.39 Å². The van der Waals surface area contributed by atoms with Gasteiger partial charge in [-0.2, -0.15) is 0 Å². The van der Waals surface area contributed by atoms with E-state index in [-0.39, 0.29) is 30.2 Å². The maximum Gasteiger partial charge on any atom is 0.253 e. The van der Waals surface area contributed by atoms with E-state index in [4.69, 9.17) is 16.3 Å². The summed E-state index contributed by atoms with van der Waals surface area (Å²) in [5.74, 6) is -0.755. The molecular weight excluding hydrogens is 443 g/mol. The maximum absolute atomic E-state index is 13.3. The molecule has 3 aromatic rings. The van der Waals surface area contributed by atoms with Gasteiger partial charge in [-0.05, 0) is 35.4 Å². The fourth-order valence-corrected chi connectivity index (χ4v) is 4.10. The molecule has 0 aliphatic carbocycles. The Morgan fingerprint density at radius 3 is 2.45 bits per heavy atom. The molecule has 3 aromatic carbocycles. The van der Waals surface area contributed by atoms with Crippen LogP contribution in [0.15, 0.2) is 78.9 Å². The first kappa shape index (κ1) is 23.0. The molecular formula is C26H24ClFN2O3. The Labute approximate surface area is 197 Å². The number of nitrogens with one attached hydrogen (secondary N) is 1. The van der Waals surface area contributed by atoms with Crippen molar-refractivity contribution in [1.29, 1.82) is 0 Å². The van der Waals surface area contributed by atoms with E-state index in [0.717, 1.165) is 11.1 Å². The van der Waals surface area contributed by atoms with Gasteiger partial charge in [0.2, 0.25) is 5.91 Å². The van der Waals surface area contributed by atoms with E-state index < -0.39 is 6.04 Å². The van der Waals surface area contributed by atoms with Gasteiger partial charge in [-0.3, -0.25) is 9.59 Å². The number of hydrogen-bond acceptors (Lipinski definition) is 3. The molecule has 1 fully saturated rings. The third-order valence-electron chi connectivity index (χ3n) is 5.67. The van der Waals surface area contributed by atoms with Crippen LogP contribution in [0.1, 0.15) is 40.1 Å². The molecule has 1 aliphatic rings. The molecule has 0 spiro atoms. The van der Waals surface area contributed by atoms with E-state index in [1.54, 1.807) is 41.3 Å². The van der Waals surface area contributed by atoms with Crippen LogP contribution in [-0.2, 0) is 9.53 Å². The largest absolute Gasteiger partial charge is 0.370 e. The third kappa shape index (κ3) is 5.78. The highest BCUT2D eigenvalue weighted by atomic mass is 35.5. The van der Waals surface area contributed by atoms with Gasteiger partial charge in [0.25, 0.3) is 5.91 Å². The molecule has 2 atom stereocenters. The lowest BCUT2D eigenvalue weighted by molar-refractivity contribution is -0.139. The first-order chi connectivity index (χ1) is 16.0. The lowest BCUT2D eigenvalue weighted by Crippen LogP contribution is -2.44. The molecule has 4 rings (SSSR count). The number of amides is 2. The number of halogens is 2. The lowest BCUT2D eigenvalue weighted by Gasteiger charge is -2.34. The van der Waals surface area contributed by atoms with E-state index in [0.29, 0.717) is 30.3 Å². The quantitative estimate of drug-likeness (QED) is 0.559. The van der Waals surface area contributed by atoms with Gasteiger partial charge in [0.05, 0.1) is 36.2 Å². The SMILES string of the molecule is O=C(NC(CC(=O)N1CCOC(c2ccc(F)cc2)C1)c1ccccc1)c1ccccc1Cl. The third-order valence-corrected chi connectivity index (χ3v) is 6.00. The summed E-state index contributed by atoms with van der Waals surface area (Å²) in [5, 5.41) is 3.32. The van der Waals surface area contributed by atoms with E-state index in [1.807, 2.05) is 30.3 Å². The molecule has 7 heteroatoms. The Balaban J connectivity index is 1.48. The first-order valence-electron chi connectivity index (χ1n) is 10.8. The van der Waals surface area contributed by atoms with E-state index >= 15 is 0 Å². The van der Waals surface area contributed by atoms with Crippen molar-refractivity contribution in [3.05, 3.63) is 106 Å². The highest BCUT2D eigenvalue weighted by molar-refractivity contribution is 6.33. The standard InChI is InChI=1S/C26H24ClFN2O3/c27-22-9-5-4-8-21(22)26(32)29-23(18-6-2-1-3-7-18)16-25(31)30-14-15-33-24(17-30)19-10-12-20(28)13-11-19/h1-13,23-24H,14-17H2,(H,29,32). The van der Waals surface area contributed by atoms with Crippen LogP contribution in [0.5, 0.6) is 0 Å². The van der Waals surface area contributed by atoms with Crippen molar-refractivity contribution >= 4 is 23.4 Å². The molecule has 1 N–H and O–H groups in total. The van der Waals surface area contributed by atoms with Gasteiger partial charge in [0.1, 0.15) is 11.9 Å². The fourth-order valence-electron chi connectivity index (χ4n) is 3.88. The second kappa shape index (κ2) is 10.6. The van der Waals surface area contributed by atoms with Gasteiger partial charge < -0.3 is 15.0 Å². The van der Waals surface area contributed by atoms with Crippen LogP contribution in [0.25, 0.3) is 0 Å². The first-order valence-corrected chi connectivity index (χ1v) is 11.1. The second-order valence-corrected chi connectivity index (χ2v) is 8.28. The van der Waals surface area contributed by atoms with Gasteiger partial charge in [-0.15, -0.1) is 0 Å². The molecule has 2 amide bonds. The molecule has 2 unspecified atom stereocenters. The van der Waals surface area contributed by atoms with Crippen LogP contribution >= 0.6 is 11.6 Å². The number of morpholine rings is 1. The Hall–Kier alpha value is -3.22. The molecule has 0 saturated carbocycles. The molecule has 5 nitrogen and oxygen atoms in total. The van der Waals surface area contributed by atoms with Gasteiger partial charge >= 0.3 is 0 Å². The molecule has 170 valence electrons. The monoisotopic (exact) mass is 466 g/mol. The van der Waals surface area contributed by atoms with Crippen molar-refractivity contribution in [3.63, 3.8) is 0 Å². The number of carbonyl (C=O) groups excluding carboxylic acids is 2. The Morgan fingerprint density at radius 2 is 1.73 bits per heavy atom. The molecule has 1 saturated heterocycles. The summed E-state index contributed by atoms with van der Waals surface area (Å²) in [5.41, 5.74) is 2.01. The van der Waals surface area contributed by atoms with Crippen molar-refractivity contribution in [2.75, 3.05) is 19.7 Å². The zero-order valence-corrected chi connectivity index (χ0v) is 18.7. The van der Waals surface area contributed by atoms with Gasteiger partial charge in [0, 0.05) is 6.54 Å². The minimum absolute atomic E-state index is 0.0936. The number of rotatable bonds is 6. The second-order valence-electron chi connectivity index (χ2n) is 7.87. The zero-order valence-electron chi connectivity index (χ0n) is 17.9. The van der Waals surface area contributed by atoms with Crippen molar-refractivity contribution in [1.82, 2.24) is 10.2 Å². The van der Waals surface area contributed by atoms with Gasteiger partial charge in [-0.1, -0.05) is 66.2 Å². The minimum atomic E-state index is -0.519. The van der Waals surface area contributed by atoms with Gasteiger partial charge in [-0.25, -0.2) is 4.39 Å². The minimum Gasteiger partial charge on any atom is -0.370 e. The van der Waals surface area contributed by atoms with Crippen LogP contribution in [-0.4, -0.2) is 36.4 Å². The Kier molecular flexibility index (Phi) is 7.37. The highest BCUT2D eigenvalue weighted by Crippen LogP contribution is 2.25. The van der Waals surface area contributed by atoms with Crippen LogP contribution < -0.4 is 5.32 Å². The van der Waals surface area contributed by atoms with E-state index in [9.17, 15) is 14.0 Å². The number of hydrogen-bond donors (Lipinski definition) is 1. The summed E-state index contributed by atoms with van der Waals surface area (Å²) in [6.07, 6.45) is -0.229. The number of nitrogens with zero attached hydrogens (tertiary/aromatic N) is 1. The predicted octanol–water partition coefficient (Wildman–Crippen LogP) is 4.94. The lowest BCUT2D eigenvalue weighted by atomic mass is 10.0. The Morgan fingerprint density at radius 1 is 1.03 bits per heavy atom. The Bertz CT molecular complexity index is 1110. The molecule has 1 aliphatic heterocycles. The normalized spacial score (nSPS) is 16.8. The number of benzene rings is 3. The van der Waals surface area contributed by atoms with Crippen molar-refractivity contribution < 1.29 is 18.7 Å². The maximum atomic E-state index is 13.3. The number of ether oxygens (including phenoxy) is 1. The van der Waals surface area contributed by atoms with Crippen molar-refractivity contribution in [3.8, 4) is 0 Å². The summed E-state index contributed by atoms with van der Waals surface area (Å²) in [7, 11) is 0. The van der Waals surface area contributed by atoms with Crippen LogP contribution in [0.3, 0.4) is 0 Å². The number of carbonyl (C=O) groups is 2. The summed E-state index contributed by atoms with van der Waals surface area (Å²) in [6.45, 7) is 1.21. The molecule has 33 heavy (non-hydrogen) atoms. The van der Waals surface area contributed by atoms with Crippen LogP contribution in [0.2, 0.25) is 5.02 Å². The van der Waals surface area contributed by atoms with E-state index in [1.165, 1.54) is 12.1 Å². The smallest absolute Gasteiger partial charge is 0.253 e. The van der Waals surface area contributed by atoms with Crippen molar-refractivity contribution in [2.24, 2.45) is 0 Å². The summed E-state index contributed by atoms with van der Waals surface area (Å²) in [6, 6.07) is 21.8. The van der Waals surface area contributed by atoms with Crippen LogP contribution in [0, 0.1) is 5.82 Å². The van der Waals surface area contributed by atoms with E-state index in [2.05, 4.69) is 5.32 Å². The average Bonchev–Trinajstić information content (AvgIpc) is 2.85. The summed E-state index contributed by atoms with van der Waals surface area (Å²) in [4.78, 5) is 27.9. The summed E-state index contributed by atoms with van der Waals surface area (Å²) >= 11 is 6.19. The molecule has 0 radical (unpaired) electrons.